The van der Waals surface area contributed by atoms with E-state index in [1.165, 1.54) is 0 Å². The van der Waals surface area contributed by atoms with Crippen molar-refractivity contribution in [1.82, 2.24) is 14.6 Å². The third kappa shape index (κ3) is 3.13. The molecule has 1 aliphatic rings. The summed E-state index contributed by atoms with van der Waals surface area (Å²) in [5, 5.41) is 3.31. The third-order valence-corrected chi connectivity index (χ3v) is 5.04. The summed E-state index contributed by atoms with van der Waals surface area (Å²) >= 11 is 0. The molecule has 102 valence electrons. The summed E-state index contributed by atoms with van der Waals surface area (Å²) in [7, 11) is -1.57. The molecule has 0 spiro atoms. The van der Waals surface area contributed by atoms with E-state index in [-0.39, 0.29) is 6.04 Å². The van der Waals surface area contributed by atoms with Gasteiger partial charge < -0.3 is 9.88 Å². The zero-order valence-corrected chi connectivity index (χ0v) is 11.7. The normalized spacial score (nSPS) is 22.9. The van der Waals surface area contributed by atoms with Gasteiger partial charge in [-0.1, -0.05) is 0 Å². The Bertz CT molecular complexity index is 489. The summed E-state index contributed by atoms with van der Waals surface area (Å²) in [5.74, 6) is 0.372. The Hall–Kier alpha value is -0.850. The number of hydrogen-bond donors (Lipinski definition) is 2. The van der Waals surface area contributed by atoms with E-state index in [9.17, 15) is 8.42 Å². The highest BCUT2D eigenvalue weighted by Crippen LogP contribution is 2.17. The van der Waals surface area contributed by atoms with Gasteiger partial charge in [0.25, 0.3) is 0 Å². The molecule has 1 saturated heterocycles. The smallest absolute Gasteiger partial charge is 0.242 e. The minimum Gasteiger partial charge on any atom is -0.356 e. The summed E-state index contributed by atoms with van der Waals surface area (Å²) in [6.45, 7) is 3.87. The van der Waals surface area contributed by atoms with Crippen molar-refractivity contribution in [3.8, 4) is 0 Å². The lowest BCUT2D eigenvalue weighted by atomic mass is 9.94. The molecule has 0 aromatic carbocycles. The van der Waals surface area contributed by atoms with Crippen LogP contribution in [0.25, 0.3) is 0 Å². The van der Waals surface area contributed by atoms with E-state index in [1.54, 1.807) is 23.0 Å². The minimum absolute atomic E-state index is 0.0389. The molecule has 2 rings (SSSR count). The Labute approximate surface area is 109 Å². The van der Waals surface area contributed by atoms with Crippen LogP contribution in [0.4, 0.5) is 0 Å². The maximum Gasteiger partial charge on any atom is 0.242 e. The van der Waals surface area contributed by atoms with Gasteiger partial charge in [0.15, 0.2) is 0 Å². The van der Waals surface area contributed by atoms with Crippen LogP contribution in [0, 0.1) is 5.92 Å². The van der Waals surface area contributed by atoms with E-state index in [0.29, 0.717) is 10.8 Å². The molecule has 5 nitrogen and oxygen atoms in total. The fraction of sp³-hybridized carbons (Fsp3) is 0.667. The standard InChI is InChI=1S/C12H21N3O2S/c1-10(11-4-3-6-13-8-11)14-18(16,17)12-5-7-15(2)9-12/h5,7,9-11,13-14H,3-4,6,8H2,1-2H3. The lowest BCUT2D eigenvalue weighted by Crippen LogP contribution is -2.44. The van der Waals surface area contributed by atoms with Crippen LogP contribution in [0.15, 0.2) is 23.4 Å². The topological polar surface area (TPSA) is 63.1 Å². The molecule has 0 amide bonds. The van der Waals surface area contributed by atoms with E-state index >= 15 is 0 Å². The van der Waals surface area contributed by atoms with Crippen molar-refractivity contribution in [1.29, 1.82) is 0 Å². The Kier molecular flexibility index (Phi) is 4.09. The fourth-order valence-corrected chi connectivity index (χ4v) is 3.71. The molecule has 0 radical (unpaired) electrons. The molecule has 18 heavy (non-hydrogen) atoms. The number of hydrogen-bond acceptors (Lipinski definition) is 3. The first kappa shape index (κ1) is 13.6. The van der Waals surface area contributed by atoms with Gasteiger partial charge in [0, 0.05) is 25.5 Å². The predicted molar refractivity (Wildman–Crippen MR) is 70.8 cm³/mol. The van der Waals surface area contributed by atoms with E-state index < -0.39 is 10.0 Å². The summed E-state index contributed by atoms with van der Waals surface area (Å²) < 4.78 is 28.8. The molecule has 1 aromatic rings. The number of sulfonamides is 1. The second-order valence-corrected chi connectivity index (χ2v) is 6.74. The van der Waals surface area contributed by atoms with Gasteiger partial charge in [-0.25, -0.2) is 13.1 Å². The number of nitrogens with one attached hydrogen (secondary N) is 2. The third-order valence-electron chi connectivity index (χ3n) is 3.50. The predicted octanol–water partition coefficient (Wildman–Crippen LogP) is 0.692. The van der Waals surface area contributed by atoms with Crippen LogP contribution in [0.5, 0.6) is 0 Å². The number of aromatic nitrogens is 1. The Morgan fingerprint density at radius 3 is 2.89 bits per heavy atom. The zero-order chi connectivity index (χ0) is 13.2. The lowest BCUT2D eigenvalue weighted by Gasteiger charge is -2.28. The zero-order valence-electron chi connectivity index (χ0n) is 10.9. The van der Waals surface area contributed by atoms with Crippen LogP contribution >= 0.6 is 0 Å². The molecule has 0 bridgehead atoms. The van der Waals surface area contributed by atoms with Gasteiger partial charge in [-0.2, -0.15) is 0 Å². The molecule has 2 unspecified atom stereocenters. The number of nitrogens with zero attached hydrogens (tertiary/aromatic N) is 1. The lowest BCUT2D eigenvalue weighted by molar-refractivity contribution is 0.320. The summed E-state index contributed by atoms with van der Waals surface area (Å²) in [5.41, 5.74) is 0. The molecule has 6 heteroatoms. The largest absolute Gasteiger partial charge is 0.356 e. The van der Waals surface area contributed by atoms with Crippen molar-refractivity contribution in [3.63, 3.8) is 0 Å². The minimum atomic E-state index is -3.39. The molecule has 1 aliphatic heterocycles. The summed E-state index contributed by atoms with van der Waals surface area (Å²) in [6.07, 6.45) is 5.54. The second-order valence-electron chi connectivity index (χ2n) is 5.03. The average Bonchev–Trinajstić information content (AvgIpc) is 2.77. The first-order chi connectivity index (χ1) is 8.49. The van der Waals surface area contributed by atoms with Gasteiger partial charge in [0.05, 0.1) is 4.90 Å². The Morgan fingerprint density at radius 2 is 2.33 bits per heavy atom. The van der Waals surface area contributed by atoms with Gasteiger partial charge in [-0.3, -0.25) is 0 Å². The van der Waals surface area contributed by atoms with Crippen molar-refractivity contribution in [2.45, 2.75) is 30.7 Å². The first-order valence-corrected chi connectivity index (χ1v) is 7.82. The van der Waals surface area contributed by atoms with Gasteiger partial charge in [-0.05, 0) is 44.8 Å². The highest BCUT2D eigenvalue weighted by molar-refractivity contribution is 7.89. The van der Waals surface area contributed by atoms with E-state index in [2.05, 4.69) is 10.0 Å². The second kappa shape index (κ2) is 5.42. The highest BCUT2D eigenvalue weighted by atomic mass is 32.2. The Balaban J connectivity index is 2.03. The van der Waals surface area contributed by atoms with Crippen LogP contribution in [0.2, 0.25) is 0 Å². The summed E-state index contributed by atoms with van der Waals surface area (Å²) in [6, 6.07) is 1.58. The van der Waals surface area contributed by atoms with Crippen LogP contribution in [0.3, 0.4) is 0 Å². The van der Waals surface area contributed by atoms with Crippen molar-refractivity contribution >= 4 is 10.0 Å². The van der Waals surface area contributed by atoms with Crippen LogP contribution in [0.1, 0.15) is 19.8 Å². The van der Waals surface area contributed by atoms with Gasteiger partial charge in [0.2, 0.25) is 10.0 Å². The molecule has 2 atom stereocenters. The maximum absolute atomic E-state index is 12.2. The quantitative estimate of drug-likeness (QED) is 0.847. The highest BCUT2D eigenvalue weighted by Gasteiger charge is 2.25. The van der Waals surface area contributed by atoms with Crippen LogP contribution in [-0.2, 0) is 17.1 Å². The molecular formula is C12H21N3O2S. The van der Waals surface area contributed by atoms with Crippen molar-refractivity contribution in [2.75, 3.05) is 13.1 Å². The molecular weight excluding hydrogens is 250 g/mol. The molecule has 1 fully saturated rings. The average molecular weight is 271 g/mol. The monoisotopic (exact) mass is 271 g/mol. The van der Waals surface area contributed by atoms with Crippen LogP contribution < -0.4 is 10.0 Å². The van der Waals surface area contributed by atoms with Crippen molar-refractivity contribution in [3.05, 3.63) is 18.5 Å². The maximum atomic E-state index is 12.2. The SMILES string of the molecule is CC(NS(=O)(=O)c1ccn(C)c1)C1CCCNC1. The number of piperidine rings is 1. The van der Waals surface area contributed by atoms with E-state index in [0.717, 1.165) is 25.9 Å². The van der Waals surface area contributed by atoms with Crippen LogP contribution in [-0.4, -0.2) is 32.1 Å². The van der Waals surface area contributed by atoms with Crippen molar-refractivity contribution < 1.29 is 8.42 Å². The number of aryl methyl sites for hydroxylation is 1. The van der Waals surface area contributed by atoms with E-state index in [1.807, 2.05) is 14.0 Å². The van der Waals surface area contributed by atoms with Gasteiger partial charge in [-0.15, -0.1) is 0 Å². The Morgan fingerprint density at radius 1 is 1.56 bits per heavy atom. The van der Waals surface area contributed by atoms with Crippen molar-refractivity contribution in [2.24, 2.45) is 13.0 Å². The first-order valence-electron chi connectivity index (χ1n) is 6.34. The molecule has 2 heterocycles. The van der Waals surface area contributed by atoms with E-state index in [4.69, 9.17) is 0 Å². The molecule has 1 aromatic heterocycles. The molecule has 2 N–H and O–H groups in total. The summed E-state index contributed by atoms with van der Waals surface area (Å²) in [4.78, 5) is 0.334. The molecule has 0 saturated carbocycles. The number of rotatable bonds is 4. The fourth-order valence-electron chi connectivity index (χ4n) is 2.35. The molecule has 0 aliphatic carbocycles. The van der Waals surface area contributed by atoms with Gasteiger partial charge in [0.1, 0.15) is 0 Å². The van der Waals surface area contributed by atoms with Gasteiger partial charge >= 0.3 is 0 Å².